The smallest absolute Gasteiger partial charge is 0.330 e. The van der Waals surface area contributed by atoms with Gasteiger partial charge in [0.1, 0.15) is 19.8 Å². The van der Waals surface area contributed by atoms with E-state index in [-0.39, 0.29) is 19.8 Å². The van der Waals surface area contributed by atoms with Gasteiger partial charge in [-0.15, -0.1) is 0 Å². The Morgan fingerprint density at radius 2 is 1.00 bits per heavy atom. The lowest BCUT2D eigenvalue weighted by Gasteiger charge is -2.30. The van der Waals surface area contributed by atoms with Crippen molar-refractivity contribution in [1.29, 1.82) is 0 Å². The molecule has 0 aliphatic rings. The van der Waals surface area contributed by atoms with Crippen LogP contribution in [0.1, 0.15) is 34.1 Å². The van der Waals surface area contributed by atoms with E-state index < -0.39 is 23.3 Å². The maximum Gasteiger partial charge on any atom is 0.330 e. The van der Waals surface area contributed by atoms with Crippen molar-refractivity contribution in [2.24, 2.45) is 5.41 Å². The molecule has 0 N–H and O–H groups in total. The minimum absolute atomic E-state index is 0.0289. The third-order valence-corrected chi connectivity index (χ3v) is 3.22. The van der Waals surface area contributed by atoms with Gasteiger partial charge in [0.15, 0.2) is 0 Å². The van der Waals surface area contributed by atoms with Crippen LogP contribution in [0.4, 0.5) is 0 Å². The van der Waals surface area contributed by atoms with E-state index in [4.69, 9.17) is 14.2 Å². The fourth-order valence-electron chi connectivity index (χ4n) is 1.66. The Morgan fingerprint density at radius 3 is 1.21 bits per heavy atom. The quantitative estimate of drug-likeness (QED) is 0.346. The van der Waals surface area contributed by atoms with Crippen LogP contribution in [0, 0.1) is 5.41 Å². The summed E-state index contributed by atoms with van der Waals surface area (Å²) in [6, 6.07) is 0. The first-order chi connectivity index (χ1) is 11.4. The van der Waals surface area contributed by atoms with Gasteiger partial charge in [-0.3, -0.25) is 0 Å². The molecule has 24 heavy (non-hydrogen) atoms. The van der Waals surface area contributed by atoms with Crippen LogP contribution >= 0.6 is 0 Å². The molecule has 0 radical (unpaired) electrons. The number of esters is 3. The normalized spacial score (nSPS) is 14.0. The van der Waals surface area contributed by atoms with Gasteiger partial charge in [-0.25, -0.2) is 14.4 Å². The molecule has 0 aliphatic carbocycles. The Balaban J connectivity index is 5.00. The van der Waals surface area contributed by atoms with Crippen molar-refractivity contribution in [3.63, 3.8) is 0 Å². The minimum Gasteiger partial charge on any atom is -0.462 e. The second-order valence-electron chi connectivity index (χ2n) is 5.18. The second-order valence-corrected chi connectivity index (χ2v) is 5.18. The monoisotopic (exact) mass is 338 g/mol. The zero-order valence-electron chi connectivity index (χ0n) is 14.7. The van der Waals surface area contributed by atoms with E-state index in [1.807, 2.05) is 6.92 Å². The molecule has 0 amide bonds. The van der Waals surface area contributed by atoms with Gasteiger partial charge >= 0.3 is 17.9 Å². The van der Waals surface area contributed by atoms with Crippen LogP contribution in [0.2, 0.25) is 0 Å². The number of carbonyl (C=O) groups excluding carboxylic acids is 3. The predicted octanol–water partition coefficient (Wildman–Crippen LogP) is 2.74. The highest BCUT2D eigenvalue weighted by molar-refractivity contribution is 5.82. The van der Waals surface area contributed by atoms with Gasteiger partial charge < -0.3 is 14.2 Å². The molecule has 0 aromatic rings. The largest absolute Gasteiger partial charge is 0.462 e. The summed E-state index contributed by atoms with van der Waals surface area (Å²) in [4.78, 5) is 34.6. The molecular formula is C18H26O6. The lowest BCUT2D eigenvalue weighted by molar-refractivity contribution is -0.156. The second kappa shape index (κ2) is 12.1. The third-order valence-electron chi connectivity index (χ3n) is 3.22. The molecule has 6 heteroatoms. The van der Waals surface area contributed by atoms with Crippen LogP contribution < -0.4 is 0 Å². The number of hydrogen-bond acceptors (Lipinski definition) is 6. The van der Waals surface area contributed by atoms with Gasteiger partial charge in [-0.2, -0.15) is 0 Å². The first kappa shape index (κ1) is 21.6. The SMILES string of the molecule is CC=CC(=O)OCC(CC)(COC(=O)C=CC)COC(=O)C=CC. The topological polar surface area (TPSA) is 78.9 Å². The Bertz CT molecular complexity index is 432. The highest BCUT2D eigenvalue weighted by Crippen LogP contribution is 2.24. The zero-order valence-corrected chi connectivity index (χ0v) is 14.7. The predicted molar refractivity (Wildman–Crippen MR) is 90.0 cm³/mol. The average molecular weight is 338 g/mol. The fraction of sp³-hybridized carbons (Fsp3) is 0.500. The molecular weight excluding hydrogens is 312 g/mol. The summed E-state index contributed by atoms with van der Waals surface area (Å²) in [7, 11) is 0. The molecule has 0 saturated carbocycles. The summed E-state index contributed by atoms with van der Waals surface area (Å²) in [6.45, 7) is 6.86. The third kappa shape index (κ3) is 8.92. The Kier molecular flexibility index (Phi) is 10.9. The van der Waals surface area contributed by atoms with E-state index in [1.165, 1.54) is 18.2 Å². The molecule has 0 fully saturated rings. The molecule has 0 rings (SSSR count). The van der Waals surface area contributed by atoms with Crippen LogP contribution in [-0.2, 0) is 28.6 Å². The fourth-order valence-corrected chi connectivity index (χ4v) is 1.66. The van der Waals surface area contributed by atoms with Gasteiger partial charge in [0.25, 0.3) is 0 Å². The van der Waals surface area contributed by atoms with Crippen molar-refractivity contribution in [3.8, 4) is 0 Å². The van der Waals surface area contributed by atoms with Gasteiger partial charge in [0.2, 0.25) is 0 Å². The van der Waals surface area contributed by atoms with Crippen molar-refractivity contribution >= 4 is 17.9 Å². The summed E-state index contributed by atoms with van der Waals surface area (Å²) >= 11 is 0. The summed E-state index contributed by atoms with van der Waals surface area (Å²) in [6.07, 6.45) is 9.05. The molecule has 0 saturated heterocycles. The summed E-state index contributed by atoms with van der Waals surface area (Å²) in [5.74, 6) is -1.51. The molecule has 0 aromatic heterocycles. The van der Waals surface area contributed by atoms with E-state index in [0.29, 0.717) is 6.42 Å². The molecule has 0 heterocycles. The van der Waals surface area contributed by atoms with Gasteiger partial charge in [0, 0.05) is 18.2 Å². The number of allylic oxidation sites excluding steroid dienone is 3. The summed E-state index contributed by atoms with van der Waals surface area (Å²) in [5.41, 5.74) is -0.800. The van der Waals surface area contributed by atoms with Crippen molar-refractivity contribution < 1.29 is 28.6 Å². The number of rotatable bonds is 10. The lowest BCUT2D eigenvalue weighted by atomic mass is 9.88. The van der Waals surface area contributed by atoms with Crippen LogP contribution in [0.3, 0.4) is 0 Å². The van der Waals surface area contributed by atoms with Crippen LogP contribution in [-0.4, -0.2) is 37.7 Å². The highest BCUT2D eigenvalue weighted by Gasteiger charge is 2.33. The molecule has 0 spiro atoms. The molecule has 6 nitrogen and oxygen atoms in total. The van der Waals surface area contributed by atoms with E-state index in [0.717, 1.165) is 0 Å². The summed E-state index contributed by atoms with van der Waals surface area (Å²) < 4.78 is 15.5. The maximum absolute atomic E-state index is 11.5. The standard InChI is InChI=1S/C18H26O6/c1-5-9-15(19)22-12-18(8-4,13-23-16(20)10-6-2)14-24-17(21)11-7-3/h5-7,9-11H,8,12-14H2,1-4H3. The van der Waals surface area contributed by atoms with E-state index in [9.17, 15) is 14.4 Å². The molecule has 0 unspecified atom stereocenters. The van der Waals surface area contributed by atoms with Crippen LogP contribution in [0.15, 0.2) is 36.5 Å². The summed E-state index contributed by atoms with van der Waals surface area (Å²) in [5, 5.41) is 0. The average Bonchev–Trinajstić information content (AvgIpc) is 2.55. The van der Waals surface area contributed by atoms with E-state index >= 15 is 0 Å². The van der Waals surface area contributed by atoms with Gasteiger partial charge in [-0.05, 0) is 27.2 Å². The van der Waals surface area contributed by atoms with Gasteiger partial charge in [0.05, 0.1) is 5.41 Å². The number of ether oxygens (including phenoxy) is 3. The first-order valence-electron chi connectivity index (χ1n) is 7.81. The molecule has 0 atom stereocenters. The number of hydrogen-bond donors (Lipinski definition) is 0. The van der Waals surface area contributed by atoms with Crippen molar-refractivity contribution in [1.82, 2.24) is 0 Å². The van der Waals surface area contributed by atoms with Gasteiger partial charge in [-0.1, -0.05) is 25.2 Å². The first-order valence-corrected chi connectivity index (χ1v) is 7.81. The zero-order chi connectivity index (χ0) is 18.4. The lowest BCUT2D eigenvalue weighted by Crippen LogP contribution is -2.38. The Labute approximate surface area is 143 Å². The van der Waals surface area contributed by atoms with E-state index in [1.54, 1.807) is 39.0 Å². The minimum atomic E-state index is -0.800. The van der Waals surface area contributed by atoms with Crippen molar-refractivity contribution in [3.05, 3.63) is 36.5 Å². The Hall–Kier alpha value is -2.37. The molecule has 0 bridgehead atoms. The Morgan fingerprint density at radius 1 is 0.708 bits per heavy atom. The number of carbonyl (C=O) groups is 3. The highest BCUT2D eigenvalue weighted by atomic mass is 16.6. The van der Waals surface area contributed by atoms with Crippen LogP contribution in [0.5, 0.6) is 0 Å². The van der Waals surface area contributed by atoms with Crippen molar-refractivity contribution in [2.75, 3.05) is 19.8 Å². The molecule has 134 valence electrons. The molecule has 0 aromatic carbocycles. The van der Waals surface area contributed by atoms with Crippen LogP contribution in [0.25, 0.3) is 0 Å². The maximum atomic E-state index is 11.5. The van der Waals surface area contributed by atoms with E-state index in [2.05, 4.69) is 0 Å². The van der Waals surface area contributed by atoms with Crippen molar-refractivity contribution in [2.45, 2.75) is 34.1 Å². The molecule has 0 aliphatic heterocycles.